The molecule has 1 N–H and O–H groups in total. The van der Waals surface area contributed by atoms with Gasteiger partial charge in [0.25, 0.3) is 0 Å². The van der Waals surface area contributed by atoms with Crippen molar-refractivity contribution in [2.24, 2.45) is 0 Å². The molecule has 3 heteroatoms. The number of ether oxygens (including phenoxy) is 2. The van der Waals surface area contributed by atoms with Gasteiger partial charge in [-0.05, 0) is 7.05 Å². The van der Waals surface area contributed by atoms with Crippen molar-refractivity contribution in [1.82, 2.24) is 5.32 Å². The molecule has 0 aromatic rings. The van der Waals surface area contributed by atoms with Crippen molar-refractivity contribution in [3.05, 3.63) is 0 Å². The molecule has 0 radical (unpaired) electrons. The van der Waals surface area contributed by atoms with Crippen molar-refractivity contribution in [2.75, 3.05) is 33.9 Å². The van der Waals surface area contributed by atoms with E-state index in [1.165, 1.54) is 0 Å². The van der Waals surface area contributed by atoms with Crippen LogP contribution in [0.5, 0.6) is 0 Å². The predicted molar refractivity (Wildman–Crippen MR) is 34.5 cm³/mol. The highest BCUT2D eigenvalue weighted by Crippen LogP contribution is 2.19. The summed E-state index contributed by atoms with van der Waals surface area (Å²) in [7, 11) is 3.64. The molecule has 0 spiro atoms. The summed E-state index contributed by atoms with van der Waals surface area (Å²) in [5.74, 6) is 0. The lowest BCUT2D eigenvalue weighted by molar-refractivity contribution is -0.191. The Balaban J connectivity index is 2.28. The van der Waals surface area contributed by atoms with Crippen LogP contribution in [0.15, 0.2) is 0 Å². The van der Waals surface area contributed by atoms with Crippen LogP contribution >= 0.6 is 0 Å². The second-order valence-electron chi connectivity index (χ2n) is 2.41. The third-order valence-corrected chi connectivity index (χ3v) is 1.66. The molecule has 1 saturated heterocycles. The summed E-state index contributed by atoms with van der Waals surface area (Å²) < 4.78 is 10.2. The summed E-state index contributed by atoms with van der Waals surface area (Å²) in [4.78, 5) is 0. The van der Waals surface area contributed by atoms with Gasteiger partial charge in [-0.1, -0.05) is 0 Å². The highest BCUT2D eigenvalue weighted by atomic mass is 16.6. The normalized spacial score (nSPS) is 23.3. The van der Waals surface area contributed by atoms with Crippen LogP contribution in [0.25, 0.3) is 0 Å². The average Bonchev–Trinajstić information content (AvgIpc) is 1.79. The lowest BCUT2D eigenvalue weighted by Gasteiger charge is -2.39. The molecule has 0 aromatic carbocycles. The van der Waals surface area contributed by atoms with Gasteiger partial charge in [0, 0.05) is 13.7 Å². The van der Waals surface area contributed by atoms with Crippen LogP contribution in [0.1, 0.15) is 0 Å². The van der Waals surface area contributed by atoms with Gasteiger partial charge in [0.15, 0.2) is 0 Å². The van der Waals surface area contributed by atoms with E-state index in [0.717, 1.165) is 19.8 Å². The molecule has 1 aliphatic heterocycles. The van der Waals surface area contributed by atoms with Gasteiger partial charge in [-0.2, -0.15) is 0 Å². The fourth-order valence-electron chi connectivity index (χ4n) is 0.944. The maximum Gasteiger partial charge on any atom is 0.126 e. The summed E-state index contributed by atoms with van der Waals surface area (Å²) in [5.41, 5.74) is -0.0191. The molecule has 0 aromatic heterocycles. The van der Waals surface area contributed by atoms with Crippen LogP contribution in [-0.4, -0.2) is 39.5 Å². The lowest BCUT2D eigenvalue weighted by Crippen LogP contribution is -2.57. The number of methoxy groups -OCH3 is 1. The standard InChI is InChI=1S/C6H13NO2/c1-7-3-6(8-2)4-9-5-6/h7H,3-5H2,1-2H3. The molecule has 1 heterocycles. The Kier molecular flexibility index (Phi) is 2.05. The number of nitrogens with one attached hydrogen (secondary N) is 1. The van der Waals surface area contributed by atoms with Crippen LogP contribution in [-0.2, 0) is 9.47 Å². The minimum absolute atomic E-state index is 0.0191. The van der Waals surface area contributed by atoms with Gasteiger partial charge in [-0.3, -0.25) is 0 Å². The number of hydrogen-bond acceptors (Lipinski definition) is 3. The number of hydrogen-bond donors (Lipinski definition) is 1. The molecule has 9 heavy (non-hydrogen) atoms. The van der Waals surface area contributed by atoms with E-state index in [1.54, 1.807) is 7.11 Å². The Morgan fingerprint density at radius 1 is 1.67 bits per heavy atom. The first-order chi connectivity index (χ1) is 4.33. The SMILES string of the molecule is CNCC1(OC)COC1. The van der Waals surface area contributed by atoms with E-state index in [1.807, 2.05) is 7.05 Å². The molecule has 0 atom stereocenters. The molecule has 0 amide bonds. The van der Waals surface area contributed by atoms with Crippen molar-refractivity contribution >= 4 is 0 Å². The zero-order valence-electron chi connectivity index (χ0n) is 5.94. The van der Waals surface area contributed by atoms with Crippen LogP contribution in [0.3, 0.4) is 0 Å². The van der Waals surface area contributed by atoms with Crippen LogP contribution in [0, 0.1) is 0 Å². The predicted octanol–water partition coefficient (Wildman–Crippen LogP) is -0.379. The second-order valence-corrected chi connectivity index (χ2v) is 2.41. The van der Waals surface area contributed by atoms with E-state index in [4.69, 9.17) is 9.47 Å². The maximum absolute atomic E-state index is 5.23. The Hall–Kier alpha value is -0.120. The summed E-state index contributed by atoms with van der Waals surface area (Å²) >= 11 is 0. The number of likely N-dealkylation sites (N-methyl/N-ethyl adjacent to an activating group) is 1. The van der Waals surface area contributed by atoms with Gasteiger partial charge >= 0.3 is 0 Å². The van der Waals surface area contributed by atoms with Crippen molar-refractivity contribution in [3.63, 3.8) is 0 Å². The Labute approximate surface area is 55.3 Å². The van der Waals surface area contributed by atoms with Gasteiger partial charge in [-0.15, -0.1) is 0 Å². The van der Waals surface area contributed by atoms with Crippen molar-refractivity contribution in [3.8, 4) is 0 Å². The van der Waals surface area contributed by atoms with E-state index >= 15 is 0 Å². The Morgan fingerprint density at radius 2 is 2.33 bits per heavy atom. The first-order valence-electron chi connectivity index (χ1n) is 3.10. The smallest absolute Gasteiger partial charge is 0.126 e. The Bertz CT molecular complexity index is 85.5. The lowest BCUT2D eigenvalue weighted by atomic mass is 10.0. The van der Waals surface area contributed by atoms with Crippen LogP contribution in [0.2, 0.25) is 0 Å². The molecule has 0 bridgehead atoms. The van der Waals surface area contributed by atoms with E-state index in [-0.39, 0.29) is 5.60 Å². The summed E-state index contributed by atoms with van der Waals surface area (Å²) in [6.07, 6.45) is 0. The van der Waals surface area contributed by atoms with Crippen molar-refractivity contribution in [2.45, 2.75) is 5.60 Å². The van der Waals surface area contributed by atoms with Crippen molar-refractivity contribution in [1.29, 1.82) is 0 Å². The molecule has 3 nitrogen and oxygen atoms in total. The first kappa shape index (κ1) is 6.99. The molecular formula is C6H13NO2. The molecule has 0 aliphatic carbocycles. The Morgan fingerprint density at radius 3 is 2.44 bits per heavy atom. The molecule has 1 rings (SSSR count). The second kappa shape index (κ2) is 2.64. The number of rotatable bonds is 3. The summed E-state index contributed by atoms with van der Waals surface area (Å²) in [6.45, 7) is 2.33. The molecule has 1 aliphatic rings. The average molecular weight is 131 g/mol. The quantitative estimate of drug-likeness (QED) is 0.566. The van der Waals surface area contributed by atoms with Gasteiger partial charge in [0.1, 0.15) is 5.60 Å². The molecule has 54 valence electrons. The van der Waals surface area contributed by atoms with Crippen LogP contribution < -0.4 is 5.32 Å². The van der Waals surface area contributed by atoms with E-state index in [0.29, 0.717) is 0 Å². The van der Waals surface area contributed by atoms with E-state index in [9.17, 15) is 0 Å². The zero-order valence-corrected chi connectivity index (χ0v) is 5.94. The topological polar surface area (TPSA) is 30.5 Å². The van der Waals surface area contributed by atoms with Gasteiger partial charge in [0.2, 0.25) is 0 Å². The highest BCUT2D eigenvalue weighted by Gasteiger charge is 2.37. The van der Waals surface area contributed by atoms with Gasteiger partial charge in [-0.25, -0.2) is 0 Å². The minimum atomic E-state index is -0.0191. The third kappa shape index (κ3) is 1.23. The largest absolute Gasteiger partial charge is 0.375 e. The van der Waals surface area contributed by atoms with Crippen molar-refractivity contribution < 1.29 is 9.47 Å². The van der Waals surface area contributed by atoms with Gasteiger partial charge in [0.05, 0.1) is 13.2 Å². The fraction of sp³-hybridized carbons (Fsp3) is 1.00. The molecule has 0 saturated carbocycles. The minimum Gasteiger partial charge on any atom is -0.375 e. The molecular weight excluding hydrogens is 118 g/mol. The summed E-state index contributed by atoms with van der Waals surface area (Å²) in [6, 6.07) is 0. The molecule has 0 unspecified atom stereocenters. The molecule has 1 fully saturated rings. The van der Waals surface area contributed by atoms with E-state index in [2.05, 4.69) is 5.32 Å². The highest BCUT2D eigenvalue weighted by molar-refractivity contribution is 4.88. The third-order valence-electron chi connectivity index (χ3n) is 1.66. The maximum atomic E-state index is 5.23. The van der Waals surface area contributed by atoms with Crippen LogP contribution in [0.4, 0.5) is 0 Å². The summed E-state index contributed by atoms with van der Waals surface area (Å²) in [5, 5.41) is 3.06. The first-order valence-corrected chi connectivity index (χ1v) is 3.10. The fourth-order valence-corrected chi connectivity index (χ4v) is 0.944. The van der Waals surface area contributed by atoms with E-state index < -0.39 is 0 Å². The van der Waals surface area contributed by atoms with Gasteiger partial charge < -0.3 is 14.8 Å². The monoisotopic (exact) mass is 131 g/mol. The zero-order chi connectivity index (χ0) is 6.74.